The van der Waals surface area contributed by atoms with Crippen LogP contribution in [0.5, 0.6) is 0 Å². The highest BCUT2D eigenvalue weighted by molar-refractivity contribution is 14.1. The van der Waals surface area contributed by atoms with Crippen molar-refractivity contribution in [1.29, 1.82) is 0 Å². The van der Waals surface area contributed by atoms with Gasteiger partial charge in [-0.3, -0.25) is 25.2 Å². The Kier molecular flexibility index (Phi) is 5.31. The van der Waals surface area contributed by atoms with E-state index < -0.39 is 11.8 Å². The molecule has 1 heterocycles. The minimum Gasteiger partial charge on any atom is -0.267 e. The van der Waals surface area contributed by atoms with Crippen molar-refractivity contribution in [3.8, 4) is 0 Å². The fourth-order valence-electron chi connectivity index (χ4n) is 2.49. The average molecular weight is 462 g/mol. The standard InChI is InChI=1S/C18H15IN4O3/c1-2-23-18(26)14-9-4-3-8-13(14)15(22-23)17(25)21-20-16(24)11-6-5-7-12(19)10-11/h3-10H,2H2,1H3,(H,20,24)(H,21,25). The molecule has 26 heavy (non-hydrogen) atoms. The molecule has 0 unspecified atom stereocenters. The number of hydrazine groups is 1. The Hall–Kier alpha value is -2.75. The van der Waals surface area contributed by atoms with Gasteiger partial charge in [0.2, 0.25) is 0 Å². The van der Waals surface area contributed by atoms with Gasteiger partial charge in [-0.1, -0.05) is 24.3 Å². The van der Waals surface area contributed by atoms with Crippen LogP contribution in [0, 0.1) is 3.57 Å². The maximum absolute atomic E-state index is 12.5. The van der Waals surface area contributed by atoms with Crippen molar-refractivity contribution < 1.29 is 9.59 Å². The predicted octanol–water partition coefficient (Wildman–Crippen LogP) is 2.10. The zero-order valence-corrected chi connectivity index (χ0v) is 16.0. The molecule has 0 aliphatic heterocycles. The third-order valence-electron chi connectivity index (χ3n) is 3.76. The number of nitrogens with one attached hydrogen (secondary N) is 2. The topological polar surface area (TPSA) is 93.1 Å². The quantitative estimate of drug-likeness (QED) is 0.461. The molecule has 1 aromatic heterocycles. The molecule has 0 saturated carbocycles. The van der Waals surface area contributed by atoms with Gasteiger partial charge in [0, 0.05) is 21.1 Å². The number of carbonyl (C=O) groups is 2. The Morgan fingerprint density at radius 3 is 2.42 bits per heavy atom. The molecule has 2 N–H and O–H groups in total. The lowest BCUT2D eigenvalue weighted by Crippen LogP contribution is -2.42. The zero-order valence-electron chi connectivity index (χ0n) is 13.8. The summed E-state index contributed by atoms with van der Waals surface area (Å²) in [5, 5.41) is 4.96. The number of halogens is 1. The summed E-state index contributed by atoms with van der Waals surface area (Å²) in [6, 6.07) is 13.7. The van der Waals surface area contributed by atoms with E-state index in [-0.39, 0.29) is 11.3 Å². The van der Waals surface area contributed by atoms with Gasteiger partial charge in [0.05, 0.1) is 5.39 Å². The van der Waals surface area contributed by atoms with E-state index in [2.05, 4.69) is 38.5 Å². The minimum absolute atomic E-state index is 0.0741. The fraction of sp³-hybridized carbons (Fsp3) is 0.111. The van der Waals surface area contributed by atoms with Crippen LogP contribution in [0.4, 0.5) is 0 Å². The van der Waals surface area contributed by atoms with E-state index in [9.17, 15) is 14.4 Å². The molecule has 2 amide bonds. The molecule has 132 valence electrons. The first-order valence-corrected chi connectivity index (χ1v) is 8.95. The Labute approximate surface area is 162 Å². The van der Waals surface area contributed by atoms with E-state index in [4.69, 9.17) is 0 Å². The lowest BCUT2D eigenvalue weighted by atomic mass is 10.1. The van der Waals surface area contributed by atoms with Gasteiger partial charge in [0.1, 0.15) is 0 Å². The van der Waals surface area contributed by atoms with Crippen molar-refractivity contribution in [3.05, 3.63) is 73.7 Å². The van der Waals surface area contributed by atoms with Crippen molar-refractivity contribution >= 4 is 45.2 Å². The molecule has 0 atom stereocenters. The van der Waals surface area contributed by atoms with Gasteiger partial charge in [-0.2, -0.15) is 5.10 Å². The molecule has 2 aromatic carbocycles. The number of hydrogen-bond acceptors (Lipinski definition) is 4. The highest BCUT2D eigenvalue weighted by Gasteiger charge is 2.17. The Morgan fingerprint density at radius 1 is 1.04 bits per heavy atom. The van der Waals surface area contributed by atoms with E-state index in [1.54, 1.807) is 49.4 Å². The van der Waals surface area contributed by atoms with Crippen LogP contribution in [0.25, 0.3) is 10.8 Å². The van der Waals surface area contributed by atoms with E-state index in [0.717, 1.165) is 3.57 Å². The summed E-state index contributed by atoms with van der Waals surface area (Å²) in [6.07, 6.45) is 0. The van der Waals surface area contributed by atoms with Crippen LogP contribution in [-0.4, -0.2) is 21.6 Å². The maximum atomic E-state index is 12.5. The van der Waals surface area contributed by atoms with Crippen LogP contribution in [0.1, 0.15) is 27.8 Å². The number of rotatable bonds is 3. The van der Waals surface area contributed by atoms with Crippen molar-refractivity contribution in [2.24, 2.45) is 0 Å². The summed E-state index contributed by atoms with van der Waals surface area (Å²) in [4.78, 5) is 37.0. The molecular weight excluding hydrogens is 447 g/mol. The molecule has 0 aliphatic carbocycles. The lowest BCUT2D eigenvalue weighted by molar-refractivity contribution is 0.0843. The highest BCUT2D eigenvalue weighted by atomic mass is 127. The maximum Gasteiger partial charge on any atom is 0.290 e. The first-order chi connectivity index (χ1) is 12.5. The number of aromatic nitrogens is 2. The van der Waals surface area contributed by atoms with Crippen molar-refractivity contribution in [2.45, 2.75) is 13.5 Å². The van der Waals surface area contributed by atoms with Crippen molar-refractivity contribution in [1.82, 2.24) is 20.6 Å². The minimum atomic E-state index is -0.595. The van der Waals surface area contributed by atoms with Gasteiger partial charge in [-0.25, -0.2) is 4.68 Å². The summed E-state index contributed by atoms with van der Waals surface area (Å²) in [5.41, 5.74) is 4.97. The molecule has 0 fully saturated rings. The number of nitrogens with zero attached hydrogens (tertiary/aromatic N) is 2. The van der Waals surface area contributed by atoms with Crippen molar-refractivity contribution in [3.63, 3.8) is 0 Å². The van der Waals surface area contributed by atoms with Crippen LogP contribution in [0.2, 0.25) is 0 Å². The first-order valence-electron chi connectivity index (χ1n) is 7.87. The smallest absolute Gasteiger partial charge is 0.267 e. The van der Waals surface area contributed by atoms with Crippen LogP contribution in [0.3, 0.4) is 0 Å². The second kappa shape index (κ2) is 7.65. The lowest BCUT2D eigenvalue weighted by Gasteiger charge is -2.11. The third-order valence-corrected chi connectivity index (χ3v) is 4.43. The molecule has 8 heteroatoms. The largest absolute Gasteiger partial charge is 0.290 e. The Bertz CT molecular complexity index is 1060. The predicted molar refractivity (Wildman–Crippen MR) is 106 cm³/mol. The normalized spacial score (nSPS) is 10.5. The molecule has 0 saturated heterocycles. The summed E-state index contributed by atoms with van der Waals surface area (Å²) >= 11 is 2.10. The summed E-state index contributed by atoms with van der Waals surface area (Å²) in [7, 11) is 0. The highest BCUT2D eigenvalue weighted by Crippen LogP contribution is 2.13. The second-order valence-corrected chi connectivity index (χ2v) is 6.68. The van der Waals surface area contributed by atoms with Crippen LogP contribution in [-0.2, 0) is 6.54 Å². The molecular formula is C18H15IN4O3. The summed E-state index contributed by atoms with van der Waals surface area (Å²) in [5.74, 6) is -1.03. The average Bonchev–Trinajstić information content (AvgIpc) is 2.66. The molecule has 0 spiro atoms. The van der Waals surface area contributed by atoms with Gasteiger partial charge in [0.25, 0.3) is 17.4 Å². The molecule has 7 nitrogen and oxygen atoms in total. The molecule has 0 aliphatic rings. The second-order valence-electron chi connectivity index (χ2n) is 5.43. The number of amides is 2. The number of fused-ring (bicyclic) bond motifs is 1. The van der Waals surface area contributed by atoms with Crippen molar-refractivity contribution in [2.75, 3.05) is 0 Å². The number of aryl methyl sites for hydroxylation is 1. The van der Waals surface area contributed by atoms with E-state index in [1.807, 2.05) is 6.07 Å². The van der Waals surface area contributed by atoms with Gasteiger partial charge >= 0.3 is 0 Å². The van der Waals surface area contributed by atoms with Gasteiger partial charge in [-0.05, 0) is 53.8 Å². The number of benzene rings is 2. The summed E-state index contributed by atoms with van der Waals surface area (Å²) in [6.45, 7) is 2.10. The first kappa shape index (κ1) is 18.1. The number of hydrogen-bond donors (Lipinski definition) is 2. The SMILES string of the molecule is CCn1nc(C(=O)NNC(=O)c2cccc(I)c2)c2ccccc2c1=O. The fourth-order valence-corrected chi connectivity index (χ4v) is 3.03. The van der Waals surface area contributed by atoms with Crippen LogP contribution < -0.4 is 16.4 Å². The van der Waals surface area contributed by atoms with E-state index in [1.165, 1.54) is 4.68 Å². The van der Waals surface area contributed by atoms with Gasteiger partial charge in [-0.15, -0.1) is 0 Å². The van der Waals surface area contributed by atoms with Crippen LogP contribution in [0.15, 0.2) is 53.3 Å². The number of carbonyl (C=O) groups excluding carboxylic acids is 2. The van der Waals surface area contributed by atoms with Crippen LogP contribution >= 0.6 is 22.6 Å². The van der Waals surface area contributed by atoms with E-state index >= 15 is 0 Å². The Morgan fingerprint density at radius 2 is 1.73 bits per heavy atom. The summed E-state index contributed by atoms with van der Waals surface area (Å²) < 4.78 is 2.13. The van der Waals surface area contributed by atoms with Gasteiger partial charge in [0.15, 0.2) is 5.69 Å². The third kappa shape index (κ3) is 3.59. The zero-order chi connectivity index (χ0) is 18.7. The molecule has 0 bridgehead atoms. The molecule has 3 rings (SSSR count). The molecule has 0 radical (unpaired) electrons. The van der Waals surface area contributed by atoms with Gasteiger partial charge < -0.3 is 0 Å². The van der Waals surface area contributed by atoms with E-state index in [0.29, 0.717) is 22.9 Å². The monoisotopic (exact) mass is 462 g/mol. The Balaban J connectivity index is 1.87. The molecule has 3 aromatic rings.